The number of hydrogen-bond donors (Lipinski definition) is 2. The summed E-state index contributed by atoms with van der Waals surface area (Å²) in [7, 11) is 4.65. The maximum atomic E-state index is 6.03. The summed E-state index contributed by atoms with van der Waals surface area (Å²) in [6.07, 6.45) is 0. The highest BCUT2D eigenvalue weighted by Crippen LogP contribution is 2.42. The van der Waals surface area contributed by atoms with Gasteiger partial charge in [0.15, 0.2) is 11.5 Å². The molecule has 0 aromatic heterocycles. The molecule has 1 aliphatic heterocycles. The zero-order valence-corrected chi connectivity index (χ0v) is 14.6. The summed E-state index contributed by atoms with van der Waals surface area (Å²) < 4.78 is 16.0. The zero-order chi connectivity index (χ0) is 16.5. The fraction of sp³-hybridized carbons (Fsp3) is 0.429. The fourth-order valence-corrected chi connectivity index (χ4v) is 2.45. The maximum absolute atomic E-state index is 6.03. The Morgan fingerprint density at radius 3 is 1.91 bits per heavy atom. The number of benzene rings is 1. The normalized spacial score (nSPS) is 16.0. The van der Waals surface area contributed by atoms with Gasteiger partial charge in [0.1, 0.15) is 5.66 Å². The molecular weight excluding hydrogens is 322 g/mol. The van der Waals surface area contributed by atoms with Crippen LogP contribution in [0.1, 0.15) is 13.8 Å². The first kappa shape index (κ1) is 18.7. The van der Waals surface area contributed by atoms with E-state index in [0.29, 0.717) is 22.9 Å². The molecule has 0 bridgehead atoms. The monoisotopic (exact) mass is 343 g/mol. The van der Waals surface area contributed by atoms with Gasteiger partial charge in [0.2, 0.25) is 17.7 Å². The van der Waals surface area contributed by atoms with Crippen molar-refractivity contribution in [3.63, 3.8) is 0 Å². The molecule has 0 atom stereocenters. The van der Waals surface area contributed by atoms with Crippen molar-refractivity contribution in [3.8, 4) is 17.2 Å². The minimum absolute atomic E-state index is 0. The summed E-state index contributed by atoms with van der Waals surface area (Å²) in [4.78, 5) is 10.1. The van der Waals surface area contributed by atoms with E-state index < -0.39 is 5.66 Å². The van der Waals surface area contributed by atoms with Gasteiger partial charge in [0.05, 0.1) is 27.0 Å². The topological polar surface area (TPSA) is 108 Å². The SMILES string of the molecule is COc1cc(N2C(N)=NC(N)=NC2(C)C)cc(OC)c1OC.Cl. The molecule has 23 heavy (non-hydrogen) atoms. The van der Waals surface area contributed by atoms with Crippen LogP contribution in [0.5, 0.6) is 17.2 Å². The van der Waals surface area contributed by atoms with Gasteiger partial charge in [-0.15, -0.1) is 12.4 Å². The Morgan fingerprint density at radius 2 is 1.52 bits per heavy atom. The van der Waals surface area contributed by atoms with Crippen LogP contribution in [-0.2, 0) is 0 Å². The Labute approximate surface area is 141 Å². The molecule has 0 unspecified atom stereocenters. The molecule has 8 nitrogen and oxygen atoms in total. The van der Waals surface area contributed by atoms with E-state index in [9.17, 15) is 0 Å². The highest BCUT2D eigenvalue weighted by Gasteiger charge is 2.34. The molecule has 0 saturated carbocycles. The standard InChI is InChI=1S/C14H21N5O3.ClH/c1-14(2)18-12(15)17-13(16)19(14)8-6-9(20-3)11(22-5)10(7-8)21-4;/h6-7H,1-5H3,(H4,15,16,17,18);1H. The van der Waals surface area contributed by atoms with E-state index in [4.69, 9.17) is 25.7 Å². The van der Waals surface area contributed by atoms with Gasteiger partial charge in [0, 0.05) is 12.1 Å². The van der Waals surface area contributed by atoms with Gasteiger partial charge in [-0.05, 0) is 13.8 Å². The van der Waals surface area contributed by atoms with E-state index in [1.165, 1.54) is 0 Å². The highest BCUT2D eigenvalue weighted by molar-refractivity contribution is 6.05. The Balaban J connectivity index is 0.00000264. The molecule has 1 aliphatic rings. The second-order valence-electron chi connectivity index (χ2n) is 5.15. The number of nitrogens with zero attached hydrogens (tertiary/aromatic N) is 3. The molecule has 0 radical (unpaired) electrons. The Morgan fingerprint density at radius 1 is 1.00 bits per heavy atom. The van der Waals surface area contributed by atoms with Crippen LogP contribution in [0.4, 0.5) is 5.69 Å². The van der Waals surface area contributed by atoms with Crippen molar-refractivity contribution in [3.05, 3.63) is 12.1 Å². The van der Waals surface area contributed by atoms with Crippen LogP contribution in [0.25, 0.3) is 0 Å². The minimum atomic E-state index is -0.694. The molecular formula is C14H22ClN5O3. The summed E-state index contributed by atoms with van der Waals surface area (Å²) >= 11 is 0. The average Bonchev–Trinajstić information content (AvgIpc) is 2.43. The molecule has 0 aliphatic carbocycles. The van der Waals surface area contributed by atoms with E-state index in [-0.39, 0.29) is 24.3 Å². The van der Waals surface area contributed by atoms with Crippen LogP contribution >= 0.6 is 12.4 Å². The van der Waals surface area contributed by atoms with Gasteiger partial charge < -0.3 is 25.7 Å². The van der Waals surface area contributed by atoms with E-state index in [0.717, 1.165) is 0 Å². The maximum Gasteiger partial charge on any atom is 0.220 e. The Bertz CT molecular complexity index is 620. The van der Waals surface area contributed by atoms with Crippen molar-refractivity contribution in [2.75, 3.05) is 26.2 Å². The number of nitrogens with two attached hydrogens (primary N) is 2. The van der Waals surface area contributed by atoms with Crippen molar-refractivity contribution < 1.29 is 14.2 Å². The highest BCUT2D eigenvalue weighted by atomic mass is 35.5. The van der Waals surface area contributed by atoms with Gasteiger partial charge in [-0.25, -0.2) is 4.99 Å². The molecule has 0 spiro atoms. The number of anilines is 1. The molecule has 4 N–H and O–H groups in total. The molecule has 0 saturated heterocycles. The largest absolute Gasteiger partial charge is 0.493 e. The Kier molecular flexibility index (Phi) is 5.55. The van der Waals surface area contributed by atoms with E-state index in [1.54, 1.807) is 38.4 Å². The van der Waals surface area contributed by atoms with Crippen molar-refractivity contribution in [2.24, 2.45) is 21.5 Å². The lowest BCUT2D eigenvalue weighted by atomic mass is 10.1. The molecule has 9 heteroatoms. The lowest BCUT2D eigenvalue weighted by molar-refractivity contribution is 0.324. The first-order valence-corrected chi connectivity index (χ1v) is 6.63. The van der Waals surface area contributed by atoms with Crippen LogP contribution in [0, 0.1) is 0 Å². The van der Waals surface area contributed by atoms with Crippen LogP contribution in [0.15, 0.2) is 22.1 Å². The molecule has 1 aromatic rings. The average molecular weight is 344 g/mol. The van der Waals surface area contributed by atoms with Crippen molar-refractivity contribution in [2.45, 2.75) is 19.5 Å². The summed E-state index contributed by atoms with van der Waals surface area (Å²) in [5, 5.41) is 0. The summed E-state index contributed by atoms with van der Waals surface area (Å²) in [5.74, 6) is 1.92. The quantitative estimate of drug-likeness (QED) is 0.853. The second-order valence-corrected chi connectivity index (χ2v) is 5.15. The summed E-state index contributed by atoms with van der Waals surface area (Å²) in [5.41, 5.74) is 11.7. The number of ether oxygens (including phenoxy) is 3. The van der Waals surface area contributed by atoms with Gasteiger partial charge in [-0.2, -0.15) is 4.99 Å². The fourth-order valence-electron chi connectivity index (χ4n) is 2.45. The van der Waals surface area contributed by atoms with E-state index in [2.05, 4.69) is 9.98 Å². The smallest absolute Gasteiger partial charge is 0.220 e. The summed E-state index contributed by atoms with van der Waals surface area (Å²) in [6, 6.07) is 3.56. The molecule has 1 aromatic carbocycles. The molecule has 1 heterocycles. The van der Waals surface area contributed by atoms with Gasteiger partial charge >= 0.3 is 0 Å². The van der Waals surface area contributed by atoms with Crippen LogP contribution in [0.2, 0.25) is 0 Å². The number of halogens is 1. The molecule has 0 fully saturated rings. The Hall–Kier alpha value is -2.35. The van der Waals surface area contributed by atoms with Crippen molar-refractivity contribution >= 4 is 30.0 Å². The van der Waals surface area contributed by atoms with Crippen LogP contribution in [0.3, 0.4) is 0 Å². The minimum Gasteiger partial charge on any atom is -0.493 e. The van der Waals surface area contributed by atoms with Crippen molar-refractivity contribution in [1.29, 1.82) is 0 Å². The third-order valence-corrected chi connectivity index (χ3v) is 3.30. The lowest BCUT2D eigenvalue weighted by Gasteiger charge is -2.38. The first-order chi connectivity index (χ1) is 10.3. The summed E-state index contributed by atoms with van der Waals surface area (Å²) in [6.45, 7) is 3.76. The van der Waals surface area contributed by atoms with E-state index >= 15 is 0 Å². The molecule has 128 valence electrons. The van der Waals surface area contributed by atoms with E-state index in [1.807, 2.05) is 13.8 Å². The first-order valence-electron chi connectivity index (χ1n) is 6.63. The number of methoxy groups -OCH3 is 3. The number of aliphatic imine (C=N–C) groups is 2. The second kappa shape index (κ2) is 6.82. The zero-order valence-electron chi connectivity index (χ0n) is 13.8. The van der Waals surface area contributed by atoms with Gasteiger partial charge in [0.25, 0.3) is 0 Å². The third kappa shape index (κ3) is 3.37. The van der Waals surface area contributed by atoms with Crippen LogP contribution < -0.4 is 30.6 Å². The predicted molar refractivity (Wildman–Crippen MR) is 93.1 cm³/mol. The molecule has 0 amide bonds. The predicted octanol–water partition coefficient (Wildman–Crippen LogP) is 1.32. The number of rotatable bonds is 4. The lowest BCUT2D eigenvalue weighted by Crippen LogP contribution is -2.54. The van der Waals surface area contributed by atoms with Gasteiger partial charge in [-0.1, -0.05) is 0 Å². The number of guanidine groups is 2. The van der Waals surface area contributed by atoms with Crippen molar-refractivity contribution in [1.82, 2.24) is 0 Å². The molecule has 2 rings (SSSR count). The van der Waals surface area contributed by atoms with Gasteiger partial charge in [-0.3, -0.25) is 4.90 Å². The van der Waals surface area contributed by atoms with Crippen LogP contribution in [-0.4, -0.2) is 38.9 Å². The number of hydrogen-bond acceptors (Lipinski definition) is 8. The third-order valence-electron chi connectivity index (χ3n) is 3.30.